The highest BCUT2D eigenvalue weighted by atomic mass is 16.7. The van der Waals surface area contributed by atoms with E-state index in [1.54, 1.807) is 48.5 Å². The third-order valence-corrected chi connectivity index (χ3v) is 14.4. The molecule has 3 heterocycles. The summed E-state index contributed by atoms with van der Waals surface area (Å²) in [5.41, 5.74) is -4.32. The van der Waals surface area contributed by atoms with Gasteiger partial charge in [-0.2, -0.15) is 0 Å². The lowest BCUT2D eigenvalue weighted by molar-refractivity contribution is -0.384. The van der Waals surface area contributed by atoms with Gasteiger partial charge in [0.05, 0.1) is 46.5 Å². The summed E-state index contributed by atoms with van der Waals surface area (Å²) in [5, 5.41) is 70.3. The van der Waals surface area contributed by atoms with Crippen LogP contribution in [-0.2, 0) is 33.2 Å². The van der Waals surface area contributed by atoms with Crippen molar-refractivity contribution in [1.29, 1.82) is 0 Å². The molecule has 0 spiro atoms. The summed E-state index contributed by atoms with van der Waals surface area (Å²) in [6.07, 6.45) is -8.87. The molecule has 5 N–H and O–H groups in total. The molecule has 0 aliphatic carbocycles. The molecule has 0 aromatic heterocycles. The van der Waals surface area contributed by atoms with Crippen molar-refractivity contribution in [3.8, 4) is 0 Å². The van der Waals surface area contributed by atoms with Gasteiger partial charge in [0.2, 0.25) is 0 Å². The predicted octanol–water partition coefficient (Wildman–Crippen LogP) is 3.84. The first kappa shape index (κ1) is 54.9. The second-order valence-electron chi connectivity index (χ2n) is 20.0. The average Bonchev–Trinajstić information content (AvgIpc) is 3.24. The molecule has 3 saturated heterocycles. The maximum absolute atomic E-state index is 14.4. The third-order valence-electron chi connectivity index (χ3n) is 14.4. The number of rotatable bonds is 13. The first-order chi connectivity index (χ1) is 30.2. The minimum atomic E-state index is -1.85. The molecule has 1 aromatic carbocycles. The van der Waals surface area contributed by atoms with Crippen LogP contribution in [0, 0.1) is 27.9 Å². The zero-order valence-corrected chi connectivity index (χ0v) is 40.8. The van der Waals surface area contributed by atoms with Crippen LogP contribution in [0.5, 0.6) is 0 Å². The molecule has 0 saturated carbocycles. The topological polar surface area (TPSA) is 240 Å². The summed E-state index contributed by atoms with van der Waals surface area (Å²) in [6.45, 7) is 18.1. The van der Waals surface area contributed by atoms with E-state index in [0.29, 0.717) is 31.5 Å². The van der Waals surface area contributed by atoms with E-state index < -0.39 is 113 Å². The molecule has 0 unspecified atom stereocenters. The highest BCUT2D eigenvalue weighted by Gasteiger charge is 2.53. The van der Waals surface area contributed by atoms with Crippen molar-refractivity contribution >= 4 is 17.4 Å². The summed E-state index contributed by atoms with van der Waals surface area (Å²) in [5.74, 6) is -3.05. The first-order valence-corrected chi connectivity index (χ1v) is 23.2. The average molecular weight is 926 g/mol. The Bertz CT molecular complexity index is 1720. The third kappa shape index (κ3) is 13.1. The SMILES string of the molecule is CC[C@H]1OC(=O)[C@H](C)[C@@H](O[C@H]2C[C@@](C)(OC)[C@@H](O)[C@H](C)O2)[C@H](C)[C@@H](O[C@@H]2O[C@H](C)C[C@H](N(C)CCCC(=O)c3ccc([N+](=O)[O-])cc3)[C@H]2O)[C@](C)(O)C[C@@H](C)CN(C)[C@H](C)[C@@H](O)[C@]1(C)O. The van der Waals surface area contributed by atoms with E-state index in [-0.39, 0.29) is 43.1 Å². The highest BCUT2D eigenvalue weighted by Crippen LogP contribution is 2.40. The monoisotopic (exact) mass is 926 g/mol. The van der Waals surface area contributed by atoms with Crippen LogP contribution in [0.15, 0.2) is 24.3 Å². The summed E-state index contributed by atoms with van der Waals surface area (Å²) in [6, 6.07) is 4.41. The van der Waals surface area contributed by atoms with E-state index in [9.17, 15) is 45.2 Å². The number of ketones is 1. The maximum Gasteiger partial charge on any atom is 0.311 e. The molecule has 0 bridgehead atoms. The lowest BCUT2D eigenvalue weighted by Gasteiger charge is -2.49. The Morgan fingerprint density at radius 2 is 1.62 bits per heavy atom. The Balaban J connectivity index is 1.70. The number of carbonyl (C=O) groups excluding carboxylic acids is 2. The molecule has 18 atom stereocenters. The zero-order chi connectivity index (χ0) is 48.9. The van der Waals surface area contributed by atoms with Gasteiger partial charge in [-0.1, -0.05) is 20.8 Å². The number of methoxy groups -OCH3 is 1. The molecule has 1 aromatic rings. The number of carbonyl (C=O) groups is 2. The molecular formula is C47H79N3O15. The number of non-ortho nitro benzene ring substituents is 1. The Kier molecular flexibility index (Phi) is 19.1. The van der Waals surface area contributed by atoms with E-state index in [1.807, 2.05) is 37.7 Å². The van der Waals surface area contributed by atoms with Crippen LogP contribution in [0.1, 0.15) is 118 Å². The molecule has 372 valence electrons. The molecule has 4 rings (SSSR count). The number of ether oxygens (including phenoxy) is 6. The lowest BCUT2D eigenvalue weighted by atomic mass is 9.77. The van der Waals surface area contributed by atoms with E-state index in [4.69, 9.17) is 28.4 Å². The van der Waals surface area contributed by atoms with Gasteiger partial charge in [-0.15, -0.1) is 0 Å². The van der Waals surface area contributed by atoms with E-state index in [2.05, 4.69) is 0 Å². The smallest absolute Gasteiger partial charge is 0.311 e. The van der Waals surface area contributed by atoms with Crippen LogP contribution in [0.25, 0.3) is 0 Å². The van der Waals surface area contributed by atoms with E-state index in [1.165, 1.54) is 38.3 Å². The summed E-state index contributed by atoms with van der Waals surface area (Å²) < 4.78 is 37.9. The fourth-order valence-electron chi connectivity index (χ4n) is 10.2. The quantitative estimate of drug-likeness (QED) is 0.0817. The Labute approximate surface area is 385 Å². The number of hydrogen-bond acceptors (Lipinski definition) is 17. The van der Waals surface area contributed by atoms with Gasteiger partial charge in [-0.05, 0) is 113 Å². The minimum absolute atomic E-state index is 0.0805. The highest BCUT2D eigenvalue weighted by molar-refractivity contribution is 5.96. The van der Waals surface area contributed by atoms with Crippen LogP contribution in [0.2, 0.25) is 0 Å². The molecule has 3 fully saturated rings. The van der Waals surface area contributed by atoms with Gasteiger partial charge in [0, 0.05) is 62.2 Å². The Hall–Kier alpha value is -2.72. The number of benzene rings is 1. The van der Waals surface area contributed by atoms with Crippen LogP contribution in [0.4, 0.5) is 5.69 Å². The van der Waals surface area contributed by atoms with Gasteiger partial charge in [-0.3, -0.25) is 19.7 Å². The number of esters is 1. The second-order valence-corrected chi connectivity index (χ2v) is 20.0. The van der Waals surface area contributed by atoms with Gasteiger partial charge in [0.25, 0.3) is 5.69 Å². The van der Waals surface area contributed by atoms with Crippen molar-refractivity contribution in [3.05, 3.63) is 39.9 Å². The summed E-state index contributed by atoms with van der Waals surface area (Å²) in [4.78, 5) is 41.8. The molecule has 18 nitrogen and oxygen atoms in total. The standard InChI is InChI=1S/C47H79N3O15/c1-14-36-47(10,57)40(53)30(6)49(12)25-26(2)23-45(8,56)42(28(4)39(29(5)43(55)63-36)64-37-24-46(9,60-13)41(54)31(7)62-37)65-44-38(52)34(22-27(3)61-44)48(11)21-15-16-35(51)32-17-19-33(20-18-32)50(58)59/h17-20,26-31,34,36-42,44,52-54,56-57H,14-16,21-25H2,1-13H3/t26-,27-,28+,29-,30-,31+,34+,36-,37+,38-,39+,40-,41+,42-,44+,45-,46-,47-/m1/s1. The molecule has 0 radical (unpaired) electrons. The minimum Gasteiger partial charge on any atom is -0.459 e. The lowest BCUT2D eigenvalue weighted by Crippen LogP contribution is -2.60. The van der Waals surface area contributed by atoms with Crippen LogP contribution in [-0.4, -0.2) is 177 Å². The fraction of sp³-hybridized carbons (Fsp3) is 0.830. The van der Waals surface area contributed by atoms with Gasteiger partial charge >= 0.3 is 5.97 Å². The zero-order valence-electron chi connectivity index (χ0n) is 40.8. The fourth-order valence-corrected chi connectivity index (χ4v) is 10.2. The van der Waals surface area contributed by atoms with Crippen molar-refractivity contribution in [2.75, 3.05) is 34.3 Å². The first-order valence-electron chi connectivity index (χ1n) is 23.2. The number of cyclic esters (lactones) is 1. The molecule has 3 aliphatic heterocycles. The van der Waals surface area contributed by atoms with Crippen molar-refractivity contribution in [2.24, 2.45) is 17.8 Å². The number of nitrogens with zero attached hydrogens (tertiary/aromatic N) is 3. The van der Waals surface area contributed by atoms with Gasteiger partial charge < -0.3 is 63.8 Å². The van der Waals surface area contributed by atoms with Crippen molar-refractivity contribution < 1.29 is 68.5 Å². The van der Waals surface area contributed by atoms with Crippen molar-refractivity contribution in [2.45, 2.75) is 198 Å². The van der Waals surface area contributed by atoms with Crippen LogP contribution in [0.3, 0.4) is 0 Å². The number of likely N-dealkylation sites (N-methyl/N-ethyl adjacent to an activating group) is 2. The summed E-state index contributed by atoms with van der Waals surface area (Å²) in [7, 11) is 5.14. The summed E-state index contributed by atoms with van der Waals surface area (Å²) >= 11 is 0. The normalized spacial score (nSPS) is 41.9. The number of Topliss-reactive ketones (excluding diaryl/α,β-unsaturated/α-hetero) is 1. The van der Waals surface area contributed by atoms with Gasteiger partial charge in [0.15, 0.2) is 18.4 Å². The van der Waals surface area contributed by atoms with Gasteiger partial charge in [-0.25, -0.2) is 0 Å². The molecular weight excluding hydrogens is 847 g/mol. The van der Waals surface area contributed by atoms with E-state index >= 15 is 0 Å². The van der Waals surface area contributed by atoms with Crippen molar-refractivity contribution in [3.63, 3.8) is 0 Å². The van der Waals surface area contributed by atoms with Crippen molar-refractivity contribution in [1.82, 2.24) is 9.80 Å². The number of nitro benzene ring substituents is 1. The molecule has 0 amide bonds. The molecule has 18 heteroatoms. The number of hydrogen-bond donors (Lipinski definition) is 5. The van der Waals surface area contributed by atoms with Gasteiger partial charge in [0.1, 0.15) is 30.0 Å². The van der Waals surface area contributed by atoms with E-state index in [0.717, 1.165) is 0 Å². The number of aliphatic hydroxyl groups excluding tert-OH is 3. The predicted molar refractivity (Wildman–Crippen MR) is 240 cm³/mol. The molecule has 3 aliphatic rings. The number of aliphatic hydroxyl groups is 5. The second kappa shape index (κ2) is 22.6. The Morgan fingerprint density at radius 1 is 0.985 bits per heavy atom. The Morgan fingerprint density at radius 3 is 2.20 bits per heavy atom. The maximum atomic E-state index is 14.4. The van der Waals surface area contributed by atoms with Crippen LogP contribution < -0.4 is 0 Å². The largest absolute Gasteiger partial charge is 0.459 e. The number of nitro groups is 1. The van der Waals surface area contributed by atoms with Crippen LogP contribution >= 0.6 is 0 Å². The molecule has 65 heavy (non-hydrogen) atoms.